The van der Waals surface area contributed by atoms with E-state index in [1.807, 2.05) is 37.1 Å². The van der Waals surface area contributed by atoms with Gasteiger partial charge in [0.2, 0.25) is 0 Å². The van der Waals surface area contributed by atoms with Crippen molar-refractivity contribution in [1.82, 2.24) is 4.90 Å². The number of amides is 1. The zero-order valence-electron chi connectivity index (χ0n) is 11.1. The Morgan fingerprint density at radius 2 is 1.89 bits per heavy atom. The molecule has 1 amide bonds. The minimum absolute atomic E-state index is 0.145. The second kappa shape index (κ2) is 5.87. The summed E-state index contributed by atoms with van der Waals surface area (Å²) < 4.78 is 0.975. The number of carbonyl (C=O) groups is 1. The number of rotatable bonds is 2. The highest BCUT2D eigenvalue weighted by Crippen LogP contribution is 2.24. The first-order chi connectivity index (χ1) is 8.58. The summed E-state index contributed by atoms with van der Waals surface area (Å²) in [4.78, 5) is 14.4. The van der Waals surface area contributed by atoms with E-state index < -0.39 is 0 Å². The Kier molecular flexibility index (Phi) is 4.44. The second-order valence-corrected chi connectivity index (χ2v) is 6.14. The van der Waals surface area contributed by atoms with Crippen LogP contribution < -0.4 is 0 Å². The molecule has 0 bridgehead atoms. The fourth-order valence-corrected chi connectivity index (χ4v) is 3.31. The molecule has 1 saturated carbocycles. The number of nitrogens with zero attached hydrogens (tertiary/aromatic N) is 1. The van der Waals surface area contributed by atoms with E-state index in [1.54, 1.807) is 0 Å². The summed E-state index contributed by atoms with van der Waals surface area (Å²) in [5.41, 5.74) is 1.90. The molecule has 0 unspecified atom stereocenters. The minimum atomic E-state index is 0.145. The lowest BCUT2D eigenvalue weighted by atomic mass is 9.94. The molecule has 0 saturated heterocycles. The van der Waals surface area contributed by atoms with Gasteiger partial charge in [-0.25, -0.2) is 0 Å². The Labute approximate surface area is 117 Å². The summed E-state index contributed by atoms with van der Waals surface area (Å²) in [5.74, 6) is 0.145. The highest BCUT2D eigenvalue weighted by Gasteiger charge is 2.23. The van der Waals surface area contributed by atoms with E-state index in [-0.39, 0.29) is 5.91 Å². The number of benzene rings is 1. The lowest BCUT2D eigenvalue weighted by Gasteiger charge is -2.31. The molecule has 1 aliphatic carbocycles. The monoisotopic (exact) mass is 309 g/mol. The maximum absolute atomic E-state index is 12.5. The molecular formula is C15H20BrNO. The Balaban J connectivity index is 2.14. The number of aryl methyl sites for hydroxylation is 1. The van der Waals surface area contributed by atoms with Crippen LogP contribution in [0.5, 0.6) is 0 Å². The molecule has 18 heavy (non-hydrogen) atoms. The van der Waals surface area contributed by atoms with Crippen LogP contribution in [-0.4, -0.2) is 23.9 Å². The number of carbonyl (C=O) groups excluding carboxylic acids is 1. The average molecular weight is 310 g/mol. The van der Waals surface area contributed by atoms with E-state index in [0.29, 0.717) is 6.04 Å². The van der Waals surface area contributed by atoms with E-state index in [1.165, 1.54) is 19.3 Å². The van der Waals surface area contributed by atoms with Crippen molar-refractivity contribution in [1.29, 1.82) is 0 Å². The van der Waals surface area contributed by atoms with Gasteiger partial charge in [0.25, 0.3) is 5.91 Å². The van der Waals surface area contributed by atoms with Gasteiger partial charge in [0.05, 0.1) is 0 Å². The third-order valence-corrected chi connectivity index (χ3v) is 4.19. The van der Waals surface area contributed by atoms with Gasteiger partial charge in [0.15, 0.2) is 0 Å². The molecule has 0 aromatic heterocycles. The predicted molar refractivity (Wildman–Crippen MR) is 77.8 cm³/mol. The van der Waals surface area contributed by atoms with Crippen molar-refractivity contribution in [3.63, 3.8) is 0 Å². The molecule has 1 aliphatic rings. The molecule has 1 aromatic carbocycles. The topological polar surface area (TPSA) is 20.3 Å². The maximum Gasteiger partial charge on any atom is 0.253 e. The lowest BCUT2D eigenvalue weighted by Crippen LogP contribution is -2.38. The average Bonchev–Trinajstić information content (AvgIpc) is 2.37. The first kappa shape index (κ1) is 13.6. The molecule has 1 aromatic rings. The molecule has 2 rings (SSSR count). The summed E-state index contributed by atoms with van der Waals surface area (Å²) in [7, 11) is 1.94. The van der Waals surface area contributed by atoms with Crippen molar-refractivity contribution in [2.24, 2.45) is 0 Å². The standard InChI is InChI=1S/C15H20BrNO/c1-11-8-12(10-13(16)9-11)15(18)17(2)14-6-4-3-5-7-14/h8-10,14H,3-7H2,1-2H3. The van der Waals surface area contributed by atoms with E-state index >= 15 is 0 Å². The zero-order valence-corrected chi connectivity index (χ0v) is 12.7. The fourth-order valence-electron chi connectivity index (χ4n) is 2.70. The molecule has 0 N–H and O–H groups in total. The maximum atomic E-state index is 12.5. The summed E-state index contributed by atoms with van der Waals surface area (Å²) in [6.45, 7) is 2.02. The van der Waals surface area contributed by atoms with E-state index in [4.69, 9.17) is 0 Å². The SMILES string of the molecule is Cc1cc(Br)cc(C(=O)N(C)C2CCCCC2)c1. The molecule has 0 radical (unpaired) electrons. The predicted octanol–water partition coefficient (Wildman–Crippen LogP) is 4.16. The number of hydrogen-bond donors (Lipinski definition) is 0. The molecule has 1 fully saturated rings. The number of hydrogen-bond acceptors (Lipinski definition) is 1. The van der Waals surface area contributed by atoms with Crippen molar-refractivity contribution >= 4 is 21.8 Å². The Hall–Kier alpha value is -0.830. The molecular weight excluding hydrogens is 290 g/mol. The molecule has 0 atom stereocenters. The van der Waals surface area contributed by atoms with Gasteiger partial charge in [-0.15, -0.1) is 0 Å². The third kappa shape index (κ3) is 3.14. The van der Waals surface area contributed by atoms with Gasteiger partial charge in [-0.1, -0.05) is 35.2 Å². The van der Waals surface area contributed by atoms with E-state index in [9.17, 15) is 4.79 Å². The van der Waals surface area contributed by atoms with Crippen molar-refractivity contribution < 1.29 is 4.79 Å². The van der Waals surface area contributed by atoms with Crippen LogP contribution in [0.25, 0.3) is 0 Å². The van der Waals surface area contributed by atoms with Gasteiger partial charge >= 0.3 is 0 Å². The van der Waals surface area contributed by atoms with Gasteiger partial charge in [0, 0.05) is 23.1 Å². The van der Waals surface area contributed by atoms with Crippen molar-refractivity contribution in [2.45, 2.75) is 45.1 Å². The van der Waals surface area contributed by atoms with Crippen LogP contribution in [0.15, 0.2) is 22.7 Å². The zero-order chi connectivity index (χ0) is 13.1. The molecule has 3 heteroatoms. The Morgan fingerprint density at radius 3 is 2.50 bits per heavy atom. The Morgan fingerprint density at radius 1 is 1.22 bits per heavy atom. The Bertz CT molecular complexity index is 418. The van der Waals surface area contributed by atoms with Crippen LogP contribution in [0.2, 0.25) is 0 Å². The smallest absolute Gasteiger partial charge is 0.253 e. The van der Waals surface area contributed by atoms with Gasteiger partial charge in [-0.05, 0) is 43.5 Å². The minimum Gasteiger partial charge on any atom is -0.339 e. The molecule has 2 nitrogen and oxygen atoms in total. The highest BCUT2D eigenvalue weighted by atomic mass is 79.9. The second-order valence-electron chi connectivity index (χ2n) is 5.23. The van der Waals surface area contributed by atoms with Crippen LogP contribution >= 0.6 is 15.9 Å². The van der Waals surface area contributed by atoms with Crippen LogP contribution in [-0.2, 0) is 0 Å². The fraction of sp³-hybridized carbons (Fsp3) is 0.533. The van der Waals surface area contributed by atoms with E-state index in [0.717, 1.165) is 28.4 Å². The number of halogens is 1. The van der Waals surface area contributed by atoms with Crippen molar-refractivity contribution in [3.8, 4) is 0 Å². The van der Waals surface area contributed by atoms with Gasteiger partial charge < -0.3 is 4.90 Å². The van der Waals surface area contributed by atoms with Crippen molar-refractivity contribution in [2.75, 3.05) is 7.05 Å². The summed E-state index contributed by atoms with van der Waals surface area (Å²) in [6.07, 6.45) is 6.11. The van der Waals surface area contributed by atoms with Crippen LogP contribution in [0.1, 0.15) is 48.0 Å². The van der Waals surface area contributed by atoms with E-state index in [2.05, 4.69) is 15.9 Å². The lowest BCUT2D eigenvalue weighted by molar-refractivity contribution is 0.0696. The molecule has 0 spiro atoms. The van der Waals surface area contributed by atoms with Crippen LogP contribution in [0.4, 0.5) is 0 Å². The first-order valence-corrected chi connectivity index (χ1v) is 7.41. The third-order valence-electron chi connectivity index (χ3n) is 3.73. The van der Waals surface area contributed by atoms with Crippen LogP contribution in [0, 0.1) is 6.92 Å². The van der Waals surface area contributed by atoms with Crippen molar-refractivity contribution in [3.05, 3.63) is 33.8 Å². The molecule has 0 heterocycles. The van der Waals surface area contributed by atoms with Gasteiger partial charge in [-0.3, -0.25) is 4.79 Å². The largest absolute Gasteiger partial charge is 0.339 e. The van der Waals surface area contributed by atoms with Gasteiger partial charge in [0.1, 0.15) is 0 Å². The molecule has 98 valence electrons. The summed E-state index contributed by atoms with van der Waals surface area (Å²) >= 11 is 3.46. The summed E-state index contributed by atoms with van der Waals surface area (Å²) in [5, 5.41) is 0. The summed E-state index contributed by atoms with van der Waals surface area (Å²) in [6, 6.07) is 6.32. The van der Waals surface area contributed by atoms with Gasteiger partial charge in [-0.2, -0.15) is 0 Å². The van der Waals surface area contributed by atoms with Crippen LogP contribution in [0.3, 0.4) is 0 Å². The molecule has 0 aliphatic heterocycles. The first-order valence-electron chi connectivity index (χ1n) is 6.62. The normalized spacial score (nSPS) is 16.6. The highest BCUT2D eigenvalue weighted by molar-refractivity contribution is 9.10. The quantitative estimate of drug-likeness (QED) is 0.803.